The van der Waals surface area contributed by atoms with Crippen LogP contribution in [0.15, 0.2) is 8.26 Å². The predicted octanol–water partition coefficient (Wildman–Crippen LogP) is 5.11. The topological polar surface area (TPSA) is 0 Å². The molecule has 1 aromatic rings. The molecule has 0 spiro atoms. The van der Waals surface area contributed by atoms with E-state index in [1.54, 1.807) is 11.3 Å². The molecule has 0 atom stereocenters. The lowest BCUT2D eigenvalue weighted by Gasteiger charge is -2.02. The number of thiophene rings is 1. The van der Waals surface area contributed by atoms with Crippen molar-refractivity contribution >= 4 is 73.9 Å². The van der Waals surface area contributed by atoms with Crippen molar-refractivity contribution in [2.45, 2.75) is 19.6 Å². The molecule has 0 aliphatic rings. The van der Waals surface area contributed by atoms with Crippen LogP contribution in [-0.4, -0.2) is 8.07 Å². The fourth-order valence-corrected chi connectivity index (χ4v) is 4.49. The molecule has 0 unspecified atom stereocenters. The minimum Gasteiger partial charge on any atom is -0.126 e. The van der Waals surface area contributed by atoms with Gasteiger partial charge in [-0.25, -0.2) is 0 Å². The number of hydrogen-bond acceptors (Lipinski definition) is 1. The fourth-order valence-electron chi connectivity index (χ4n) is 0.690. The summed E-state index contributed by atoms with van der Waals surface area (Å²) in [6.07, 6.45) is 0. The van der Waals surface area contributed by atoms with E-state index in [1.807, 2.05) is 0 Å². The summed E-state index contributed by atoms with van der Waals surface area (Å²) in [7, 11) is -1.26. The van der Waals surface area contributed by atoms with E-state index >= 15 is 0 Å². The van der Waals surface area contributed by atoms with E-state index in [2.05, 4.69) is 85.6 Å². The molecule has 0 aliphatic carbocycles. The van der Waals surface area contributed by atoms with Crippen molar-refractivity contribution in [3.8, 4) is 11.5 Å². The Hall–Kier alpha value is 1.17. The van der Waals surface area contributed by atoms with Gasteiger partial charge in [0.1, 0.15) is 8.07 Å². The Bertz CT molecular complexity index is 409. The second-order valence-electron chi connectivity index (χ2n) is 3.83. The zero-order chi connectivity index (χ0) is 10.9. The van der Waals surface area contributed by atoms with Gasteiger partial charge in [0.2, 0.25) is 0 Å². The Kier molecular flexibility index (Phi) is 4.72. The first-order chi connectivity index (χ1) is 6.31. The smallest absolute Gasteiger partial charge is 0.126 e. The van der Waals surface area contributed by atoms with E-state index < -0.39 is 8.07 Å². The molecule has 0 saturated heterocycles. The number of halogens is 3. The maximum absolute atomic E-state index is 3.52. The lowest BCUT2D eigenvalue weighted by atomic mass is 10.5. The molecule has 5 heteroatoms. The molecule has 0 radical (unpaired) electrons. The molecule has 0 fully saturated rings. The Labute approximate surface area is 120 Å². The van der Waals surface area contributed by atoms with Crippen molar-refractivity contribution < 1.29 is 0 Å². The molecule has 0 nitrogen and oxygen atoms in total. The summed E-state index contributed by atoms with van der Waals surface area (Å²) in [6.45, 7) is 6.76. The normalized spacial score (nSPS) is 11.0. The van der Waals surface area contributed by atoms with E-state index in [0.29, 0.717) is 0 Å². The first-order valence-corrected chi connectivity index (χ1v) is 11.0. The van der Waals surface area contributed by atoms with Crippen molar-refractivity contribution in [1.29, 1.82) is 0 Å². The van der Waals surface area contributed by atoms with Crippen molar-refractivity contribution in [2.75, 3.05) is 0 Å². The van der Waals surface area contributed by atoms with Crippen LogP contribution in [0.2, 0.25) is 19.6 Å². The third kappa shape index (κ3) is 3.63. The second-order valence-corrected chi connectivity index (χ2v) is 12.8. The Balaban J connectivity index is 3.08. The van der Waals surface area contributed by atoms with Gasteiger partial charge in [-0.1, -0.05) is 25.6 Å². The third-order valence-electron chi connectivity index (χ3n) is 1.31. The third-order valence-corrected chi connectivity index (χ3v) is 7.73. The average molecular weight is 464 g/mol. The maximum atomic E-state index is 3.52. The highest BCUT2D eigenvalue weighted by Gasteiger charge is 2.12. The van der Waals surface area contributed by atoms with Crippen molar-refractivity contribution in [3.05, 3.63) is 16.7 Å². The number of rotatable bonds is 0. The molecule has 1 heterocycles. The molecule has 14 heavy (non-hydrogen) atoms. The Morgan fingerprint density at radius 2 is 1.86 bits per heavy atom. The maximum Gasteiger partial charge on any atom is 0.129 e. The zero-order valence-electron chi connectivity index (χ0n) is 8.04. The highest BCUT2D eigenvalue weighted by atomic mass is 127. The van der Waals surface area contributed by atoms with Crippen molar-refractivity contribution in [1.82, 2.24) is 0 Å². The van der Waals surface area contributed by atoms with E-state index in [9.17, 15) is 0 Å². The summed E-state index contributed by atoms with van der Waals surface area (Å²) in [6, 6.07) is 0. The molecule has 1 aromatic heterocycles. The van der Waals surface area contributed by atoms with Gasteiger partial charge in [0.25, 0.3) is 0 Å². The first kappa shape index (κ1) is 13.2. The number of hydrogen-bond donors (Lipinski definition) is 0. The van der Waals surface area contributed by atoms with Crippen LogP contribution in [0.3, 0.4) is 0 Å². The Morgan fingerprint density at radius 3 is 2.21 bits per heavy atom. The second kappa shape index (κ2) is 5.00. The van der Waals surface area contributed by atoms with Crippen LogP contribution in [0.4, 0.5) is 0 Å². The molecule has 76 valence electrons. The summed E-state index contributed by atoms with van der Waals surface area (Å²) in [5, 5.41) is 0. The summed E-state index contributed by atoms with van der Waals surface area (Å²) in [4.78, 5) is 1.16. The molecule has 0 bridgehead atoms. The first-order valence-electron chi connectivity index (χ1n) is 3.98. The summed E-state index contributed by atoms with van der Waals surface area (Å²) in [5.74, 6) is 3.28. The van der Waals surface area contributed by atoms with Gasteiger partial charge >= 0.3 is 0 Å². The standard InChI is InChI=1S/C9H9Br2ISSi/c1-14(2,3)5-4-6-8(12)7(10)9(11)13-6/h1-3H3. The molecule has 0 aromatic carbocycles. The van der Waals surface area contributed by atoms with E-state index in [0.717, 1.165) is 13.1 Å². The highest BCUT2D eigenvalue weighted by molar-refractivity contribution is 14.1. The molecule has 1 rings (SSSR count). The van der Waals surface area contributed by atoms with Crippen LogP contribution in [0.1, 0.15) is 4.88 Å². The summed E-state index contributed by atoms with van der Waals surface area (Å²) >= 11 is 11.0. The van der Waals surface area contributed by atoms with Crippen LogP contribution in [0.25, 0.3) is 0 Å². The average Bonchev–Trinajstić information content (AvgIpc) is 2.28. The van der Waals surface area contributed by atoms with Gasteiger partial charge in [0, 0.05) is 0 Å². The van der Waals surface area contributed by atoms with Crippen LogP contribution in [0.5, 0.6) is 0 Å². The van der Waals surface area contributed by atoms with Crippen molar-refractivity contribution in [3.63, 3.8) is 0 Å². The molecule has 0 saturated carbocycles. The van der Waals surface area contributed by atoms with Gasteiger partial charge in [-0.3, -0.25) is 0 Å². The van der Waals surface area contributed by atoms with Gasteiger partial charge in [-0.05, 0) is 54.5 Å². The van der Waals surface area contributed by atoms with Crippen molar-refractivity contribution in [2.24, 2.45) is 0 Å². The lowest BCUT2D eigenvalue weighted by Crippen LogP contribution is -2.16. The lowest BCUT2D eigenvalue weighted by molar-refractivity contribution is 1.71. The minimum absolute atomic E-state index is 1.13. The van der Waals surface area contributed by atoms with Crippen LogP contribution >= 0.6 is 65.8 Å². The molecular formula is C9H9Br2ISSi. The van der Waals surface area contributed by atoms with E-state index in [1.165, 1.54) is 3.57 Å². The molecule has 0 amide bonds. The largest absolute Gasteiger partial charge is 0.129 e. The van der Waals surface area contributed by atoms with Gasteiger partial charge in [0.05, 0.1) is 16.7 Å². The molecule has 0 N–H and O–H groups in total. The van der Waals surface area contributed by atoms with Crippen LogP contribution < -0.4 is 0 Å². The van der Waals surface area contributed by atoms with Gasteiger partial charge in [-0.15, -0.1) is 16.9 Å². The zero-order valence-corrected chi connectivity index (χ0v) is 15.2. The van der Waals surface area contributed by atoms with Crippen LogP contribution in [0, 0.1) is 15.0 Å². The monoisotopic (exact) mass is 462 g/mol. The predicted molar refractivity (Wildman–Crippen MR) is 82.7 cm³/mol. The SMILES string of the molecule is C[Si](C)(C)C#Cc1sc(Br)c(Br)c1I. The van der Waals surface area contributed by atoms with E-state index in [-0.39, 0.29) is 0 Å². The van der Waals surface area contributed by atoms with Gasteiger partial charge in [-0.2, -0.15) is 0 Å². The highest BCUT2D eigenvalue weighted by Crippen LogP contribution is 2.37. The fraction of sp³-hybridized carbons (Fsp3) is 0.333. The minimum atomic E-state index is -1.26. The van der Waals surface area contributed by atoms with Gasteiger partial charge in [0.15, 0.2) is 0 Å². The van der Waals surface area contributed by atoms with Crippen LogP contribution in [-0.2, 0) is 0 Å². The quantitative estimate of drug-likeness (QED) is 0.285. The summed E-state index contributed by atoms with van der Waals surface area (Å²) in [5.41, 5.74) is 3.37. The molecule has 0 aliphatic heterocycles. The summed E-state index contributed by atoms with van der Waals surface area (Å²) < 4.78 is 3.47. The van der Waals surface area contributed by atoms with Gasteiger partial charge < -0.3 is 0 Å². The molecular weight excluding hydrogens is 455 g/mol. The van der Waals surface area contributed by atoms with E-state index in [4.69, 9.17) is 0 Å². The Morgan fingerprint density at radius 1 is 1.29 bits per heavy atom.